The average molecular weight is 450 g/mol. The summed E-state index contributed by atoms with van der Waals surface area (Å²) in [5, 5.41) is 13.8. The lowest BCUT2D eigenvalue weighted by molar-refractivity contribution is -0.385. The van der Waals surface area contributed by atoms with Crippen LogP contribution in [0.2, 0.25) is 0 Å². The molecule has 166 valence electrons. The fourth-order valence-corrected chi connectivity index (χ4v) is 2.67. The number of nitro benzene ring substituents is 1. The molecule has 0 saturated heterocycles. The minimum Gasteiger partial charge on any atom is -0.493 e. The number of benzene rings is 3. The molecule has 0 unspecified atom stereocenters. The van der Waals surface area contributed by atoms with Gasteiger partial charge in [-0.15, -0.1) is 0 Å². The van der Waals surface area contributed by atoms with Gasteiger partial charge in [0.2, 0.25) is 5.75 Å². The Morgan fingerprint density at radius 2 is 1.62 bits per heavy atom. The summed E-state index contributed by atoms with van der Waals surface area (Å²) < 4.78 is 62.1. The quantitative estimate of drug-likeness (QED) is 0.291. The zero-order valence-electron chi connectivity index (χ0n) is 16.3. The van der Waals surface area contributed by atoms with Gasteiger partial charge < -0.3 is 14.8 Å². The van der Waals surface area contributed by atoms with Crippen molar-refractivity contribution >= 4 is 17.3 Å². The largest absolute Gasteiger partial charge is 0.493 e. The monoisotopic (exact) mass is 450 g/mol. The van der Waals surface area contributed by atoms with Crippen LogP contribution in [-0.2, 0) is 6.18 Å². The van der Waals surface area contributed by atoms with Crippen LogP contribution in [0, 0.1) is 15.9 Å². The van der Waals surface area contributed by atoms with Crippen molar-refractivity contribution in [2.45, 2.75) is 6.18 Å². The van der Waals surface area contributed by atoms with Crippen molar-refractivity contribution in [2.75, 3.05) is 12.4 Å². The molecule has 0 aliphatic carbocycles. The summed E-state index contributed by atoms with van der Waals surface area (Å²) in [7, 11) is 1.25. The Morgan fingerprint density at radius 1 is 0.969 bits per heavy atom. The highest BCUT2D eigenvalue weighted by Crippen LogP contribution is 2.40. The molecule has 3 aromatic carbocycles. The predicted molar refractivity (Wildman–Crippen MR) is 106 cm³/mol. The second-order valence-electron chi connectivity index (χ2n) is 6.37. The Bertz CT molecular complexity index is 1160. The number of rotatable bonds is 6. The van der Waals surface area contributed by atoms with E-state index < -0.39 is 39.8 Å². The number of amides is 1. The van der Waals surface area contributed by atoms with E-state index in [1.54, 1.807) is 0 Å². The van der Waals surface area contributed by atoms with Crippen LogP contribution in [0.4, 0.5) is 28.9 Å². The molecule has 0 heterocycles. The highest BCUT2D eigenvalue weighted by Gasteiger charge is 2.33. The molecule has 0 aromatic heterocycles. The van der Waals surface area contributed by atoms with E-state index in [9.17, 15) is 32.5 Å². The Balaban J connectivity index is 1.87. The first-order valence-corrected chi connectivity index (χ1v) is 8.87. The highest BCUT2D eigenvalue weighted by molar-refractivity contribution is 6.04. The number of alkyl halides is 3. The minimum absolute atomic E-state index is 0.00551. The van der Waals surface area contributed by atoms with Crippen molar-refractivity contribution in [3.05, 3.63) is 87.7 Å². The zero-order chi connectivity index (χ0) is 23.5. The molecule has 0 aliphatic rings. The molecule has 0 aliphatic heterocycles. The molecule has 0 atom stereocenters. The molecule has 1 amide bonds. The first-order valence-electron chi connectivity index (χ1n) is 8.87. The summed E-state index contributed by atoms with van der Waals surface area (Å²) in [6.07, 6.45) is -4.76. The Morgan fingerprint density at radius 3 is 2.22 bits per heavy atom. The van der Waals surface area contributed by atoms with E-state index in [1.165, 1.54) is 49.6 Å². The maximum atomic E-state index is 13.0. The molecular formula is C21H14F4N2O5. The third-order valence-corrected chi connectivity index (χ3v) is 4.23. The number of methoxy groups -OCH3 is 1. The van der Waals surface area contributed by atoms with Crippen LogP contribution in [-0.4, -0.2) is 17.9 Å². The first kappa shape index (κ1) is 22.5. The van der Waals surface area contributed by atoms with E-state index in [0.717, 1.165) is 6.07 Å². The number of ether oxygens (including phenoxy) is 2. The summed E-state index contributed by atoms with van der Waals surface area (Å²) in [4.78, 5) is 22.7. The van der Waals surface area contributed by atoms with Crippen molar-refractivity contribution in [2.24, 2.45) is 0 Å². The molecule has 11 heteroatoms. The van der Waals surface area contributed by atoms with Crippen molar-refractivity contribution in [1.82, 2.24) is 0 Å². The molecule has 32 heavy (non-hydrogen) atoms. The van der Waals surface area contributed by atoms with Gasteiger partial charge in [0, 0.05) is 17.3 Å². The van der Waals surface area contributed by atoms with E-state index in [4.69, 9.17) is 9.47 Å². The molecule has 1 N–H and O–H groups in total. The van der Waals surface area contributed by atoms with Gasteiger partial charge in [0.25, 0.3) is 5.91 Å². The number of nitrogens with one attached hydrogen (secondary N) is 1. The molecule has 0 fully saturated rings. The van der Waals surface area contributed by atoms with Gasteiger partial charge in [-0.2, -0.15) is 13.2 Å². The van der Waals surface area contributed by atoms with Crippen LogP contribution in [0.15, 0.2) is 60.7 Å². The average Bonchev–Trinajstić information content (AvgIpc) is 2.74. The number of halogens is 4. The van der Waals surface area contributed by atoms with Gasteiger partial charge in [0.15, 0.2) is 11.5 Å². The Labute approximate surface area is 178 Å². The predicted octanol–water partition coefficient (Wildman–Crippen LogP) is 5.81. The van der Waals surface area contributed by atoms with E-state index in [1.807, 2.05) is 0 Å². The number of anilines is 1. The van der Waals surface area contributed by atoms with Crippen LogP contribution in [0.1, 0.15) is 15.9 Å². The van der Waals surface area contributed by atoms with Gasteiger partial charge >= 0.3 is 11.9 Å². The Hall–Kier alpha value is -4.15. The van der Waals surface area contributed by atoms with Crippen LogP contribution in [0.5, 0.6) is 17.2 Å². The smallest absolute Gasteiger partial charge is 0.416 e. The fraction of sp³-hybridized carbons (Fsp3) is 0.0952. The molecular weight excluding hydrogens is 436 g/mol. The molecule has 0 bridgehead atoms. The lowest BCUT2D eigenvalue weighted by Gasteiger charge is -2.13. The summed E-state index contributed by atoms with van der Waals surface area (Å²) in [5.74, 6) is -1.52. The van der Waals surface area contributed by atoms with Crippen molar-refractivity contribution < 1.29 is 36.8 Å². The second-order valence-corrected chi connectivity index (χ2v) is 6.37. The normalized spacial score (nSPS) is 11.0. The van der Waals surface area contributed by atoms with E-state index in [0.29, 0.717) is 17.8 Å². The van der Waals surface area contributed by atoms with Crippen LogP contribution < -0.4 is 14.8 Å². The maximum Gasteiger partial charge on any atom is 0.416 e. The van der Waals surface area contributed by atoms with Crippen LogP contribution in [0.3, 0.4) is 0 Å². The lowest BCUT2D eigenvalue weighted by atomic mass is 10.1. The SMILES string of the molecule is COc1cc(C(=O)Nc2ccc(F)cc2)ccc1Oc1ccc(C(F)(F)F)cc1[N+](=O)[O-]. The lowest BCUT2D eigenvalue weighted by Crippen LogP contribution is -2.12. The van der Waals surface area contributed by atoms with Gasteiger partial charge in [-0.05, 0) is 54.6 Å². The summed E-state index contributed by atoms with van der Waals surface area (Å²) in [6.45, 7) is 0. The van der Waals surface area contributed by atoms with E-state index in [2.05, 4.69) is 5.32 Å². The summed E-state index contributed by atoms with van der Waals surface area (Å²) in [5.41, 5.74) is -1.62. The second kappa shape index (κ2) is 8.92. The van der Waals surface area contributed by atoms with Gasteiger partial charge in [0.1, 0.15) is 5.82 Å². The number of carbonyl (C=O) groups excluding carboxylic acids is 1. The molecule has 7 nitrogen and oxygen atoms in total. The van der Waals surface area contributed by atoms with E-state index >= 15 is 0 Å². The Kier molecular flexibility index (Phi) is 6.28. The standard InChI is InChI=1S/C21H14F4N2O5/c1-31-19-10-12(20(28)26-15-6-4-14(22)5-7-15)2-8-18(19)32-17-9-3-13(21(23,24)25)11-16(17)27(29)30/h2-11H,1H3,(H,26,28). The third-order valence-electron chi connectivity index (χ3n) is 4.23. The first-order chi connectivity index (χ1) is 15.1. The number of hydrogen-bond donors (Lipinski definition) is 1. The molecule has 0 radical (unpaired) electrons. The zero-order valence-corrected chi connectivity index (χ0v) is 16.3. The van der Waals surface area contributed by atoms with Crippen LogP contribution in [0.25, 0.3) is 0 Å². The molecule has 0 saturated carbocycles. The van der Waals surface area contributed by atoms with Gasteiger partial charge in [0.05, 0.1) is 17.6 Å². The summed E-state index contributed by atoms with van der Waals surface area (Å²) in [6, 6.07) is 10.8. The molecule has 3 aromatic rings. The molecule has 0 spiro atoms. The highest BCUT2D eigenvalue weighted by atomic mass is 19.4. The third kappa shape index (κ3) is 5.12. The van der Waals surface area contributed by atoms with Crippen LogP contribution >= 0.6 is 0 Å². The minimum atomic E-state index is -4.76. The maximum absolute atomic E-state index is 13.0. The topological polar surface area (TPSA) is 90.7 Å². The van der Waals surface area contributed by atoms with Crippen molar-refractivity contribution in [3.63, 3.8) is 0 Å². The number of nitro groups is 1. The van der Waals surface area contributed by atoms with Gasteiger partial charge in [-0.1, -0.05) is 0 Å². The van der Waals surface area contributed by atoms with Gasteiger partial charge in [-0.3, -0.25) is 14.9 Å². The number of nitrogens with zero attached hydrogens (tertiary/aromatic N) is 1. The van der Waals surface area contributed by atoms with Gasteiger partial charge in [-0.25, -0.2) is 4.39 Å². The summed E-state index contributed by atoms with van der Waals surface area (Å²) >= 11 is 0. The van der Waals surface area contributed by atoms with E-state index in [-0.39, 0.29) is 17.1 Å². The molecule has 3 rings (SSSR count). The van der Waals surface area contributed by atoms with Crippen molar-refractivity contribution in [3.8, 4) is 17.2 Å². The fourth-order valence-electron chi connectivity index (χ4n) is 2.67. The number of carbonyl (C=O) groups is 1. The van der Waals surface area contributed by atoms with Crippen molar-refractivity contribution in [1.29, 1.82) is 0 Å². The number of hydrogen-bond acceptors (Lipinski definition) is 5.